The lowest BCUT2D eigenvalue weighted by atomic mass is 10.0. The average molecular weight is 368 g/mol. The minimum atomic E-state index is -0.545. The number of carbonyl (C=O) groups is 2. The zero-order valence-electron chi connectivity index (χ0n) is 14.0. The molecular weight excluding hydrogens is 350 g/mol. The van der Waals surface area contributed by atoms with Gasteiger partial charge in [0.05, 0.1) is 11.7 Å². The maximum absolute atomic E-state index is 12.9. The van der Waals surface area contributed by atoms with E-state index in [2.05, 4.69) is 15.6 Å². The van der Waals surface area contributed by atoms with Gasteiger partial charge in [-0.05, 0) is 48.9 Å². The summed E-state index contributed by atoms with van der Waals surface area (Å²) in [7, 11) is 0. The minimum Gasteiger partial charge on any atom is -0.352 e. The van der Waals surface area contributed by atoms with E-state index in [-0.39, 0.29) is 18.1 Å². The van der Waals surface area contributed by atoms with E-state index in [1.54, 1.807) is 24.3 Å². The highest BCUT2D eigenvalue weighted by molar-refractivity contribution is 6.30. The summed E-state index contributed by atoms with van der Waals surface area (Å²) in [6.45, 7) is 0.652. The number of benzene rings is 2. The number of amides is 1. The van der Waals surface area contributed by atoms with Crippen molar-refractivity contribution in [2.45, 2.75) is 18.9 Å². The van der Waals surface area contributed by atoms with Gasteiger partial charge in [-0.3, -0.25) is 9.59 Å². The number of para-hydroxylation sites is 1. The lowest BCUT2D eigenvalue weighted by molar-refractivity contribution is -0.116. The molecule has 3 N–H and O–H groups in total. The highest BCUT2D eigenvalue weighted by Crippen LogP contribution is 2.26. The molecule has 0 fully saturated rings. The van der Waals surface area contributed by atoms with Gasteiger partial charge in [0.2, 0.25) is 5.91 Å². The van der Waals surface area contributed by atoms with Crippen molar-refractivity contribution < 1.29 is 9.59 Å². The Labute approximate surface area is 155 Å². The van der Waals surface area contributed by atoms with Crippen LogP contribution in [0.2, 0.25) is 5.02 Å². The molecule has 132 valence electrons. The van der Waals surface area contributed by atoms with Crippen LogP contribution in [0.1, 0.15) is 22.5 Å². The van der Waals surface area contributed by atoms with E-state index < -0.39 is 6.04 Å². The van der Waals surface area contributed by atoms with Gasteiger partial charge in [-0.25, -0.2) is 0 Å². The number of anilines is 1. The third kappa shape index (κ3) is 3.23. The van der Waals surface area contributed by atoms with Crippen molar-refractivity contribution in [1.29, 1.82) is 0 Å². The Morgan fingerprint density at radius 2 is 1.92 bits per heavy atom. The average Bonchev–Trinajstić information content (AvgIpc) is 2.94. The first-order valence-electron chi connectivity index (χ1n) is 8.54. The molecule has 1 aromatic heterocycles. The first-order chi connectivity index (χ1) is 12.6. The van der Waals surface area contributed by atoms with Crippen LogP contribution in [0.5, 0.6) is 0 Å². The zero-order valence-corrected chi connectivity index (χ0v) is 14.8. The molecule has 3 aromatic rings. The fourth-order valence-corrected chi connectivity index (χ4v) is 3.53. The molecule has 0 unspecified atom stereocenters. The van der Waals surface area contributed by atoms with E-state index in [0.717, 1.165) is 22.9 Å². The summed E-state index contributed by atoms with van der Waals surface area (Å²) in [4.78, 5) is 28.5. The van der Waals surface area contributed by atoms with Crippen LogP contribution in [0.15, 0.2) is 48.5 Å². The lowest BCUT2D eigenvalue weighted by Gasteiger charge is -2.14. The first-order valence-corrected chi connectivity index (χ1v) is 8.92. The molecule has 1 atom stereocenters. The van der Waals surface area contributed by atoms with Crippen LogP contribution < -0.4 is 10.6 Å². The molecule has 6 heteroatoms. The molecule has 4 rings (SSSR count). The topological polar surface area (TPSA) is 74.0 Å². The van der Waals surface area contributed by atoms with E-state index in [0.29, 0.717) is 22.9 Å². The molecule has 1 aliphatic heterocycles. The van der Waals surface area contributed by atoms with E-state index >= 15 is 0 Å². The first kappa shape index (κ1) is 16.8. The number of ketones is 1. The molecule has 0 aliphatic carbocycles. The van der Waals surface area contributed by atoms with Gasteiger partial charge in [-0.15, -0.1) is 0 Å². The number of carbonyl (C=O) groups excluding carboxylic acids is 2. The second-order valence-corrected chi connectivity index (χ2v) is 6.84. The van der Waals surface area contributed by atoms with Gasteiger partial charge in [0.1, 0.15) is 0 Å². The van der Waals surface area contributed by atoms with Crippen molar-refractivity contribution >= 4 is 39.9 Å². The van der Waals surface area contributed by atoms with Crippen molar-refractivity contribution in [1.82, 2.24) is 10.3 Å². The Morgan fingerprint density at radius 3 is 2.73 bits per heavy atom. The molecule has 2 aromatic carbocycles. The summed E-state index contributed by atoms with van der Waals surface area (Å²) in [5, 5.41) is 7.69. The predicted molar refractivity (Wildman–Crippen MR) is 103 cm³/mol. The fraction of sp³-hybridized carbons (Fsp3) is 0.200. The van der Waals surface area contributed by atoms with Crippen LogP contribution in [0, 0.1) is 0 Å². The van der Waals surface area contributed by atoms with Crippen LogP contribution in [0.3, 0.4) is 0 Å². The third-order valence-electron chi connectivity index (χ3n) is 4.66. The number of aromatic nitrogens is 1. The van der Waals surface area contributed by atoms with Crippen molar-refractivity contribution in [3.63, 3.8) is 0 Å². The van der Waals surface area contributed by atoms with Gasteiger partial charge in [-0.1, -0.05) is 29.8 Å². The van der Waals surface area contributed by atoms with Gasteiger partial charge < -0.3 is 15.6 Å². The van der Waals surface area contributed by atoms with E-state index in [9.17, 15) is 9.59 Å². The predicted octanol–water partition coefficient (Wildman–Crippen LogP) is 3.55. The number of rotatable bonds is 3. The Balaban J connectivity index is 1.53. The summed E-state index contributed by atoms with van der Waals surface area (Å²) in [5.74, 6) is -0.280. The molecular formula is C20H18ClN3O2. The van der Waals surface area contributed by atoms with Crippen molar-refractivity contribution in [2.75, 3.05) is 11.9 Å². The number of Topliss-reactive ketones (excluding diaryl/α,β-unsaturated/α-hetero) is 1. The highest BCUT2D eigenvalue weighted by atomic mass is 35.5. The molecule has 5 nitrogen and oxygen atoms in total. The van der Waals surface area contributed by atoms with Gasteiger partial charge in [0.15, 0.2) is 5.78 Å². The number of fused-ring (bicyclic) bond motifs is 3. The molecule has 26 heavy (non-hydrogen) atoms. The largest absolute Gasteiger partial charge is 0.352 e. The molecule has 1 aliphatic rings. The van der Waals surface area contributed by atoms with E-state index in [4.69, 9.17) is 11.6 Å². The summed E-state index contributed by atoms with van der Waals surface area (Å²) in [6, 6.07) is 14.2. The van der Waals surface area contributed by atoms with Crippen LogP contribution in [-0.2, 0) is 11.2 Å². The fourth-order valence-electron chi connectivity index (χ4n) is 3.40. The standard InChI is InChI=1S/C20H18ClN3O2/c21-12-5-7-13(8-6-12)23-18(25)11-17-20(26)19-15(9-10-22-17)14-3-1-2-4-16(14)24-19/h1-8,17,22,24H,9-11H2,(H,23,25)/t17-/m0/s1. The quantitative estimate of drug-likeness (QED) is 0.662. The number of aromatic amines is 1. The second-order valence-electron chi connectivity index (χ2n) is 6.40. The molecule has 0 radical (unpaired) electrons. The lowest BCUT2D eigenvalue weighted by Crippen LogP contribution is -2.39. The number of H-pyrrole nitrogens is 1. The van der Waals surface area contributed by atoms with Crippen LogP contribution in [-0.4, -0.2) is 29.3 Å². The van der Waals surface area contributed by atoms with E-state index in [1.807, 2.05) is 24.3 Å². The minimum absolute atomic E-state index is 0.0695. The van der Waals surface area contributed by atoms with Gasteiger partial charge >= 0.3 is 0 Å². The number of halogens is 1. The Bertz CT molecular complexity index is 978. The highest BCUT2D eigenvalue weighted by Gasteiger charge is 2.29. The second kappa shape index (κ2) is 6.94. The molecule has 1 amide bonds. The molecule has 0 saturated carbocycles. The normalized spacial score (nSPS) is 17.0. The summed E-state index contributed by atoms with van der Waals surface area (Å²) in [6.07, 6.45) is 0.830. The number of hydrogen-bond donors (Lipinski definition) is 3. The third-order valence-corrected chi connectivity index (χ3v) is 4.91. The number of nitrogens with one attached hydrogen (secondary N) is 3. The molecule has 0 saturated heterocycles. The van der Waals surface area contributed by atoms with Crippen molar-refractivity contribution in [3.8, 4) is 0 Å². The smallest absolute Gasteiger partial charge is 0.226 e. The van der Waals surface area contributed by atoms with Crippen molar-refractivity contribution in [3.05, 3.63) is 64.8 Å². The molecule has 0 spiro atoms. The summed E-state index contributed by atoms with van der Waals surface area (Å²) < 4.78 is 0. The van der Waals surface area contributed by atoms with Crippen LogP contribution in [0.4, 0.5) is 5.69 Å². The Hall–Kier alpha value is -2.63. The molecule has 0 bridgehead atoms. The SMILES string of the molecule is O=C(C[C@@H]1NCCc2c([nH]c3ccccc23)C1=O)Nc1ccc(Cl)cc1. The monoisotopic (exact) mass is 367 g/mol. The van der Waals surface area contributed by atoms with E-state index in [1.165, 1.54) is 0 Å². The summed E-state index contributed by atoms with van der Waals surface area (Å²) in [5.41, 5.74) is 3.25. The maximum Gasteiger partial charge on any atom is 0.226 e. The summed E-state index contributed by atoms with van der Waals surface area (Å²) >= 11 is 5.85. The Morgan fingerprint density at radius 1 is 1.15 bits per heavy atom. The van der Waals surface area contributed by atoms with Crippen LogP contribution >= 0.6 is 11.6 Å². The Kier molecular flexibility index (Phi) is 4.49. The van der Waals surface area contributed by atoms with Crippen molar-refractivity contribution in [2.24, 2.45) is 0 Å². The number of hydrogen-bond acceptors (Lipinski definition) is 3. The maximum atomic E-state index is 12.9. The van der Waals surface area contributed by atoms with Gasteiger partial charge in [-0.2, -0.15) is 0 Å². The van der Waals surface area contributed by atoms with Crippen LogP contribution in [0.25, 0.3) is 10.9 Å². The van der Waals surface area contributed by atoms with Gasteiger partial charge in [0, 0.05) is 28.0 Å². The zero-order chi connectivity index (χ0) is 18.1. The molecule has 2 heterocycles. The van der Waals surface area contributed by atoms with Gasteiger partial charge in [0.25, 0.3) is 0 Å².